The molecule has 4 N–H and O–H groups in total. The maximum atomic E-state index is 12.6. The van der Waals surface area contributed by atoms with E-state index in [0.717, 1.165) is 0 Å². The van der Waals surface area contributed by atoms with Crippen LogP contribution in [0.3, 0.4) is 0 Å². The summed E-state index contributed by atoms with van der Waals surface area (Å²) in [5, 5.41) is 33.8. The molecule has 0 atom stereocenters. The summed E-state index contributed by atoms with van der Waals surface area (Å²) >= 11 is 0. The van der Waals surface area contributed by atoms with Crippen LogP contribution in [0, 0.1) is 46.5 Å². The summed E-state index contributed by atoms with van der Waals surface area (Å²) in [7, 11) is 0. The number of carboxylic acid groups (broad SMARTS) is 2. The summed E-state index contributed by atoms with van der Waals surface area (Å²) < 4.78 is 99.8. The van der Waals surface area contributed by atoms with Crippen LogP contribution in [0.25, 0.3) is 0 Å². The fraction of sp³-hybridized carbons (Fsp3) is 0. The van der Waals surface area contributed by atoms with E-state index in [1.807, 2.05) is 0 Å². The van der Waals surface area contributed by atoms with Crippen molar-refractivity contribution in [3.8, 4) is 11.5 Å². The minimum atomic E-state index is -2.28. The van der Waals surface area contributed by atoms with Gasteiger partial charge in [0.05, 0.1) is 0 Å². The van der Waals surface area contributed by atoms with Crippen LogP contribution in [-0.4, -0.2) is 32.4 Å². The standard InChI is InChI=1S/2C7H2F4O3.Co/c2*8-2-1(7(13)14)6(12)5(11)4(10)3(2)9;/h2*12H,(H,13,14);. The van der Waals surface area contributed by atoms with Crippen LogP contribution in [0.1, 0.15) is 20.7 Å². The Morgan fingerprint density at radius 3 is 0.897 bits per heavy atom. The first-order valence-corrected chi connectivity index (χ1v) is 6.31. The van der Waals surface area contributed by atoms with Gasteiger partial charge in [0.1, 0.15) is 11.1 Å². The number of hydrogen-bond donors (Lipinski definition) is 4. The number of carbonyl (C=O) groups is 2. The van der Waals surface area contributed by atoms with Crippen molar-refractivity contribution in [3.05, 3.63) is 57.7 Å². The van der Waals surface area contributed by atoms with Gasteiger partial charge in [0, 0.05) is 16.8 Å². The predicted octanol–water partition coefficient (Wildman–Crippen LogP) is 3.29. The average Bonchev–Trinajstić information content (AvgIpc) is 2.61. The van der Waals surface area contributed by atoms with E-state index in [9.17, 15) is 44.7 Å². The number of phenols is 2. The molecule has 161 valence electrons. The Morgan fingerprint density at radius 1 is 0.483 bits per heavy atom. The third kappa shape index (κ3) is 4.68. The molecule has 15 heteroatoms. The molecule has 0 aliphatic heterocycles. The fourth-order valence-corrected chi connectivity index (χ4v) is 1.63. The molecule has 0 amide bonds. The number of benzene rings is 2. The van der Waals surface area contributed by atoms with Gasteiger partial charge in [-0.05, 0) is 0 Å². The topological polar surface area (TPSA) is 115 Å². The summed E-state index contributed by atoms with van der Waals surface area (Å²) in [5.74, 6) is -25.4. The number of hydrogen-bond acceptors (Lipinski definition) is 4. The van der Waals surface area contributed by atoms with E-state index in [0.29, 0.717) is 0 Å². The monoisotopic (exact) mass is 479 g/mol. The second-order valence-corrected chi connectivity index (χ2v) is 4.57. The number of aromatic hydroxyl groups is 2. The van der Waals surface area contributed by atoms with Crippen LogP contribution in [0.15, 0.2) is 0 Å². The van der Waals surface area contributed by atoms with E-state index in [1.165, 1.54) is 0 Å². The average molecular weight is 479 g/mol. The third-order valence-corrected chi connectivity index (χ3v) is 2.91. The molecule has 0 heterocycles. The van der Waals surface area contributed by atoms with Crippen molar-refractivity contribution in [2.24, 2.45) is 0 Å². The van der Waals surface area contributed by atoms with E-state index in [-0.39, 0.29) is 16.8 Å². The summed E-state index contributed by atoms with van der Waals surface area (Å²) in [5.41, 5.74) is -3.28. The van der Waals surface area contributed by atoms with E-state index in [2.05, 4.69) is 0 Å². The van der Waals surface area contributed by atoms with Gasteiger partial charge in [-0.15, -0.1) is 0 Å². The number of aromatic carboxylic acids is 2. The summed E-state index contributed by atoms with van der Waals surface area (Å²) in [6, 6.07) is 0. The Bertz CT molecular complexity index is 860. The number of carboxylic acids is 2. The third-order valence-electron chi connectivity index (χ3n) is 2.91. The van der Waals surface area contributed by atoms with Crippen LogP contribution < -0.4 is 0 Å². The van der Waals surface area contributed by atoms with Gasteiger partial charge in [0.25, 0.3) is 0 Å². The van der Waals surface area contributed by atoms with Crippen molar-refractivity contribution in [2.75, 3.05) is 0 Å². The van der Waals surface area contributed by atoms with Crippen molar-refractivity contribution in [2.45, 2.75) is 0 Å². The van der Waals surface area contributed by atoms with Crippen molar-refractivity contribution >= 4 is 11.9 Å². The molecule has 0 aromatic heterocycles. The maximum absolute atomic E-state index is 12.6. The number of rotatable bonds is 2. The smallest absolute Gasteiger partial charge is 0.342 e. The Hall–Kier alpha value is -3.07. The molecule has 0 saturated heterocycles. The van der Waals surface area contributed by atoms with Crippen molar-refractivity contribution in [3.63, 3.8) is 0 Å². The molecule has 0 spiro atoms. The van der Waals surface area contributed by atoms with Gasteiger partial charge in [-0.3, -0.25) is 0 Å². The zero-order valence-corrected chi connectivity index (χ0v) is 14.0. The van der Waals surface area contributed by atoms with Crippen LogP contribution in [0.2, 0.25) is 0 Å². The fourth-order valence-electron chi connectivity index (χ4n) is 1.63. The molecule has 29 heavy (non-hydrogen) atoms. The second-order valence-electron chi connectivity index (χ2n) is 4.57. The van der Waals surface area contributed by atoms with Crippen molar-refractivity contribution in [1.82, 2.24) is 0 Å². The summed E-state index contributed by atoms with van der Waals surface area (Å²) in [6.07, 6.45) is 0. The van der Waals surface area contributed by atoms with Crippen molar-refractivity contribution in [1.29, 1.82) is 0 Å². The molecule has 0 saturated carbocycles. The SMILES string of the molecule is O=C(O)c1c(O)c(F)c(F)c(F)c1F.O=C(O)c1c(O)c(F)c(F)c(F)c1F.[Co]. The van der Waals surface area contributed by atoms with Crippen LogP contribution >= 0.6 is 0 Å². The summed E-state index contributed by atoms with van der Waals surface area (Å²) in [4.78, 5) is 20.4. The predicted molar refractivity (Wildman–Crippen MR) is 69.8 cm³/mol. The van der Waals surface area contributed by atoms with E-state index in [4.69, 9.17) is 20.4 Å². The quantitative estimate of drug-likeness (QED) is 0.299. The Morgan fingerprint density at radius 2 is 0.690 bits per heavy atom. The molecular weight excluding hydrogens is 475 g/mol. The van der Waals surface area contributed by atoms with Crippen LogP contribution in [0.4, 0.5) is 35.1 Å². The molecular formula is C14H4CoF8O6. The van der Waals surface area contributed by atoms with E-state index >= 15 is 0 Å². The molecule has 1 radical (unpaired) electrons. The first-order chi connectivity index (χ1) is 12.7. The Kier molecular flexibility index (Phi) is 8.42. The minimum absolute atomic E-state index is 0. The second kappa shape index (κ2) is 9.42. The Balaban J connectivity index is 0.000000523. The van der Waals surface area contributed by atoms with Crippen LogP contribution in [0.5, 0.6) is 11.5 Å². The normalized spacial score (nSPS) is 9.93. The molecule has 2 aromatic carbocycles. The summed E-state index contributed by atoms with van der Waals surface area (Å²) in [6.45, 7) is 0. The number of halogens is 8. The molecule has 2 rings (SSSR count). The largest absolute Gasteiger partial charge is 0.504 e. The Labute approximate surface area is 163 Å². The maximum Gasteiger partial charge on any atom is 0.342 e. The molecule has 0 unspecified atom stereocenters. The van der Waals surface area contributed by atoms with Gasteiger partial charge >= 0.3 is 11.9 Å². The van der Waals surface area contributed by atoms with Gasteiger partial charge in [0.2, 0.25) is 23.3 Å². The first kappa shape index (κ1) is 25.9. The van der Waals surface area contributed by atoms with Crippen LogP contribution in [-0.2, 0) is 16.8 Å². The molecule has 2 aromatic rings. The first-order valence-electron chi connectivity index (χ1n) is 6.31. The molecule has 0 fully saturated rings. The zero-order chi connectivity index (χ0) is 22.1. The molecule has 0 aliphatic rings. The van der Waals surface area contributed by atoms with Gasteiger partial charge in [-0.1, -0.05) is 0 Å². The van der Waals surface area contributed by atoms with Gasteiger partial charge in [-0.25, -0.2) is 35.9 Å². The van der Waals surface area contributed by atoms with Gasteiger partial charge in [-0.2, -0.15) is 8.78 Å². The van der Waals surface area contributed by atoms with E-state index < -0.39 is 81.1 Å². The van der Waals surface area contributed by atoms with Gasteiger partial charge < -0.3 is 20.4 Å². The minimum Gasteiger partial charge on any atom is -0.504 e. The van der Waals surface area contributed by atoms with Crippen molar-refractivity contribution < 1.29 is 81.9 Å². The molecule has 0 aliphatic carbocycles. The van der Waals surface area contributed by atoms with E-state index in [1.54, 1.807) is 0 Å². The van der Waals surface area contributed by atoms with Gasteiger partial charge in [0.15, 0.2) is 34.8 Å². The molecule has 0 bridgehead atoms. The zero-order valence-electron chi connectivity index (χ0n) is 13.0. The molecule has 6 nitrogen and oxygen atoms in total.